The van der Waals surface area contributed by atoms with E-state index < -0.39 is 0 Å². The standard InChI is InChI=1S/C7H10N4O/c1-5-4-12-7-3-8-2-6(7)11(5)10-9-1/h1,6-8H,2-4H2/t6-,7+/m1/s1. The second-order valence-corrected chi connectivity index (χ2v) is 3.24. The highest BCUT2D eigenvalue weighted by molar-refractivity contribution is 5.01. The predicted octanol–water partition coefficient (Wildman–Crippen LogP) is -0.679. The Kier molecular flexibility index (Phi) is 1.24. The highest BCUT2D eigenvalue weighted by Crippen LogP contribution is 2.25. The molecule has 0 aliphatic carbocycles. The average Bonchev–Trinajstić information content (AvgIpc) is 2.71. The third-order valence-electron chi connectivity index (χ3n) is 2.54. The third kappa shape index (κ3) is 0.748. The van der Waals surface area contributed by atoms with Crippen molar-refractivity contribution in [3.8, 4) is 0 Å². The van der Waals surface area contributed by atoms with Gasteiger partial charge in [-0.1, -0.05) is 5.21 Å². The zero-order valence-corrected chi connectivity index (χ0v) is 6.60. The Balaban J connectivity index is 2.04. The van der Waals surface area contributed by atoms with E-state index in [0.29, 0.717) is 18.8 Å². The normalized spacial score (nSPS) is 33.0. The minimum Gasteiger partial charge on any atom is -0.368 e. The summed E-state index contributed by atoms with van der Waals surface area (Å²) in [7, 11) is 0. The van der Waals surface area contributed by atoms with E-state index in [2.05, 4.69) is 15.6 Å². The summed E-state index contributed by atoms with van der Waals surface area (Å²) in [6.07, 6.45) is 2.06. The van der Waals surface area contributed by atoms with Crippen molar-refractivity contribution in [2.45, 2.75) is 18.8 Å². The summed E-state index contributed by atoms with van der Waals surface area (Å²) in [6.45, 7) is 2.53. The van der Waals surface area contributed by atoms with Gasteiger partial charge in [0.25, 0.3) is 0 Å². The Labute approximate surface area is 69.7 Å². The SMILES string of the molecule is c1nnn2c1CO[C@H]1CNC[C@H]12. The van der Waals surface area contributed by atoms with Gasteiger partial charge in [0.05, 0.1) is 30.6 Å². The van der Waals surface area contributed by atoms with Crippen LogP contribution in [0.15, 0.2) is 6.20 Å². The molecule has 1 aromatic heterocycles. The van der Waals surface area contributed by atoms with Gasteiger partial charge < -0.3 is 10.1 Å². The van der Waals surface area contributed by atoms with Gasteiger partial charge in [0.15, 0.2) is 0 Å². The Morgan fingerprint density at radius 1 is 1.58 bits per heavy atom. The molecule has 0 unspecified atom stereocenters. The van der Waals surface area contributed by atoms with Crippen LogP contribution in [0.25, 0.3) is 0 Å². The van der Waals surface area contributed by atoms with E-state index >= 15 is 0 Å². The van der Waals surface area contributed by atoms with Crippen molar-refractivity contribution < 1.29 is 4.74 Å². The van der Waals surface area contributed by atoms with Crippen molar-refractivity contribution >= 4 is 0 Å². The van der Waals surface area contributed by atoms with Gasteiger partial charge in [-0.15, -0.1) is 5.10 Å². The van der Waals surface area contributed by atoms with Crippen LogP contribution < -0.4 is 5.32 Å². The quantitative estimate of drug-likeness (QED) is 0.555. The van der Waals surface area contributed by atoms with Crippen LogP contribution in [0, 0.1) is 0 Å². The molecule has 1 aromatic rings. The smallest absolute Gasteiger partial charge is 0.0941 e. The van der Waals surface area contributed by atoms with E-state index in [9.17, 15) is 0 Å². The van der Waals surface area contributed by atoms with E-state index in [1.807, 2.05) is 4.68 Å². The molecule has 3 heterocycles. The molecule has 0 saturated carbocycles. The Morgan fingerprint density at radius 2 is 2.58 bits per heavy atom. The fraction of sp³-hybridized carbons (Fsp3) is 0.714. The zero-order valence-electron chi connectivity index (χ0n) is 6.60. The first-order chi connectivity index (χ1) is 5.95. The summed E-state index contributed by atoms with van der Waals surface area (Å²) in [5.41, 5.74) is 1.08. The van der Waals surface area contributed by atoms with Crippen LogP contribution in [0.5, 0.6) is 0 Å². The first-order valence-corrected chi connectivity index (χ1v) is 4.16. The number of nitrogens with one attached hydrogen (secondary N) is 1. The molecular weight excluding hydrogens is 156 g/mol. The molecule has 1 saturated heterocycles. The summed E-state index contributed by atoms with van der Waals surface area (Å²) in [6, 6.07) is 0.358. The van der Waals surface area contributed by atoms with Crippen LogP contribution in [-0.4, -0.2) is 34.2 Å². The van der Waals surface area contributed by atoms with Gasteiger partial charge in [0, 0.05) is 13.1 Å². The maximum absolute atomic E-state index is 5.62. The topological polar surface area (TPSA) is 52.0 Å². The van der Waals surface area contributed by atoms with E-state index in [0.717, 1.165) is 18.8 Å². The van der Waals surface area contributed by atoms with Crippen LogP contribution in [0.1, 0.15) is 11.7 Å². The predicted molar refractivity (Wildman–Crippen MR) is 40.5 cm³/mol. The second-order valence-electron chi connectivity index (χ2n) is 3.24. The fourth-order valence-corrected chi connectivity index (χ4v) is 1.89. The van der Waals surface area contributed by atoms with Crippen LogP contribution in [-0.2, 0) is 11.3 Å². The third-order valence-corrected chi connectivity index (χ3v) is 2.54. The molecule has 5 heteroatoms. The number of hydrogen-bond acceptors (Lipinski definition) is 4. The molecule has 2 aliphatic heterocycles. The minimum atomic E-state index is 0.291. The van der Waals surface area contributed by atoms with E-state index in [-0.39, 0.29) is 0 Å². The summed E-state index contributed by atoms with van der Waals surface area (Å²) in [5, 5.41) is 11.2. The fourth-order valence-electron chi connectivity index (χ4n) is 1.89. The summed E-state index contributed by atoms with van der Waals surface area (Å²) in [5.74, 6) is 0. The van der Waals surface area contributed by atoms with Crippen molar-refractivity contribution in [3.63, 3.8) is 0 Å². The first-order valence-electron chi connectivity index (χ1n) is 4.16. The number of rotatable bonds is 0. The Bertz CT molecular complexity index is 297. The molecule has 0 bridgehead atoms. The average molecular weight is 166 g/mol. The van der Waals surface area contributed by atoms with Crippen molar-refractivity contribution in [3.05, 3.63) is 11.9 Å². The largest absolute Gasteiger partial charge is 0.368 e. The van der Waals surface area contributed by atoms with Crippen molar-refractivity contribution in [1.82, 2.24) is 20.3 Å². The molecule has 1 fully saturated rings. The van der Waals surface area contributed by atoms with Gasteiger partial charge >= 0.3 is 0 Å². The highest BCUT2D eigenvalue weighted by atomic mass is 16.5. The molecule has 0 amide bonds. The first kappa shape index (κ1) is 6.56. The van der Waals surface area contributed by atoms with Crippen molar-refractivity contribution in [1.29, 1.82) is 0 Å². The van der Waals surface area contributed by atoms with Gasteiger partial charge in [0.1, 0.15) is 0 Å². The lowest BCUT2D eigenvalue weighted by Gasteiger charge is -2.25. The number of ether oxygens (including phenoxy) is 1. The maximum atomic E-state index is 5.62. The minimum absolute atomic E-state index is 0.291. The second kappa shape index (κ2) is 2.27. The Hall–Kier alpha value is -0.940. The van der Waals surface area contributed by atoms with Gasteiger partial charge in [0.2, 0.25) is 0 Å². The molecular formula is C7H10N4O. The molecule has 12 heavy (non-hydrogen) atoms. The van der Waals surface area contributed by atoms with Gasteiger partial charge in [-0.2, -0.15) is 0 Å². The molecule has 0 spiro atoms. The molecule has 3 rings (SSSR count). The van der Waals surface area contributed by atoms with Crippen LogP contribution in [0.3, 0.4) is 0 Å². The van der Waals surface area contributed by atoms with Gasteiger partial charge in [-0.05, 0) is 0 Å². The van der Waals surface area contributed by atoms with Gasteiger partial charge in [-0.25, -0.2) is 4.68 Å². The number of hydrogen-bond donors (Lipinski definition) is 1. The molecule has 0 aromatic carbocycles. The van der Waals surface area contributed by atoms with Crippen molar-refractivity contribution in [2.75, 3.05) is 13.1 Å². The molecule has 1 N–H and O–H groups in total. The van der Waals surface area contributed by atoms with Crippen molar-refractivity contribution in [2.24, 2.45) is 0 Å². The summed E-state index contributed by atoms with van der Waals surface area (Å²) < 4.78 is 7.60. The lowest BCUT2D eigenvalue weighted by Crippen LogP contribution is -2.32. The van der Waals surface area contributed by atoms with Crippen LogP contribution in [0.2, 0.25) is 0 Å². The Morgan fingerprint density at radius 3 is 3.58 bits per heavy atom. The monoisotopic (exact) mass is 166 g/mol. The number of fused-ring (bicyclic) bond motifs is 3. The summed E-state index contributed by atoms with van der Waals surface area (Å²) in [4.78, 5) is 0. The molecule has 2 aliphatic rings. The highest BCUT2D eigenvalue weighted by Gasteiger charge is 2.34. The number of aromatic nitrogens is 3. The van der Waals surface area contributed by atoms with Crippen LogP contribution >= 0.6 is 0 Å². The summed E-state index contributed by atoms with van der Waals surface area (Å²) >= 11 is 0. The lowest BCUT2D eigenvalue weighted by molar-refractivity contribution is -0.00289. The van der Waals surface area contributed by atoms with E-state index in [4.69, 9.17) is 4.74 Å². The maximum Gasteiger partial charge on any atom is 0.0941 e. The number of nitrogens with zero attached hydrogens (tertiary/aromatic N) is 3. The molecule has 0 radical (unpaired) electrons. The molecule has 2 atom stereocenters. The lowest BCUT2D eigenvalue weighted by atomic mass is 10.2. The van der Waals surface area contributed by atoms with E-state index in [1.54, 1.807) is 6.20 Å². The molecule has 5 nitrogen and oxygen atoms in total. The zero-order chi connectivity index (χ0) is 7.97. The van der Waals surface area contributed by atoms with Crippen LogP contribution in [0.4, 0.5) is 0 Å². The van der Waals surface area contributed by atoms with E-state index in [1.165, 1.54) is 0 Å². The molecule has 64 valence electrons. The van der Waals surface area contributed by atoms with Gasteiger partial charge in [-0.3, -0.25) is 0 Å².